The summed E-state index contributed by atoms with van der Waals surface area (Å²) in [5.74, 6) is -0.684. The van der Waals surface area contributed by atoms with Gasteiger partial charge < -0.3 is 18.9 Å². The van der Waals surface area contributed by atoms with Crippen LogP contribution in [0.1, 0.15) is 39.5 Å². The van der Waals surface area contributed by atoms with Gasteiger partial charge in [0, 0.05) is 26.7 Å². The van der Waals surface area contributed by atoms with E-state index >= 15 is 0 Å². The van der Waals surface area contributed by atoms with Crippen LogP contribution in [0, 0.1) is 0 Å². The Morgan fingerprint density at radius 1 is 0.833 bits per heavy atom. The number of esters is 2. The van der Waals surface area contributed by atoms with Crippen LogP contribution in [0.15, 0.2) is 0 Å². The molecule has 0 N–H and O–H groups in total. The highest BCUT2D eigenvalue weighted by atomic mass is 16.7. The van der Waals surface area contributed by atoms with Crippen LogP contribution in [0.3, 0.4) is 0 Å². The molecule has 2 heterocycles. The van der Waals surface area contributed by atoms with Gasteiger partial charge in [-0.2, -0.15) is 0 Å². The minimum Gasteiger partial charge on any atom is -0.436 e. The lowest BCUT2D eigenvalue weighted by Gasteiger charge is -2.19. The van der Waals surface area contributed by atoms with Crippen molar-refractivity contribution in [2.75, 3.05) is 0 Å². The highest BCUT2D eigenvalue weighted by Gasteiger charge is 2.39. The van der Waals surface area contributed by atoms with Crippen molar-refractivity contribution in [2.24, 2.45) is 0 Å². The molecule has 0 radical (unpaired) electrons. The van der Waals surface area contributed by atoms with Crippen molar-refractivity contribution in [3.05, 3.63) is 0 Å². The van der Waals surface area contributed by atoms with Gasteiger partial charge in [-0.25, -0.2) is 0 Å². The molecular formula is C12H18O6. The Morgan fingerprint density at radius 2 is 1.22 bits per heavy atom. The van der Waals surface area contributed by atoms with Gasteiger partial charge in [0.15, 0.2) is 0 Å². The second-order valence-electron chi connectivity index (χ2n) is 4.58. The first-order valence-corrected chi connectivity index (χ1v) is 6.20. The molecule has 0 aromatic carbocycles. The Balaban J connectivity index is 1.77. The monoisotopic (exact) mass is 258 g/mol. The first-order valence-electron chi connectivity index (χ1n) is 6.20. The number of carbonyl (C=O) groups excluding carboxylic acids is 2. The van der Waals surface area contributed by atoms with Crippen molar-refractivity contribution in [3.8, 4) is 0 Å². The normalized spacial score (nSPS) is 35.4. The van der Waals surface area contributed by atoms with Gasteiger partial charge in [0.25, 0.3) is 0 Å². The first-order chi connectivity index (χ1) is 8.54. The molecule has 18 heavy (non-hydrogen) atoms. The summed E-state index contributed by atoms with van der Waals surface area (Å²) in [7, 11) is 0. The third kappa shape index (κ3) is 3.43. The van der Waals surface area contributed by atoms with E-state index in [1.54, 1.807) is 0 Å². The Kier molecular flexibility index (Phi) is 4.19. The molecule has 0 bridgehead atoms. The van der Waals surface area contributed by atoms with Gasteiger partial charge in [0.05, 0.1) is 12.2 Å². The van der Waals surface area contributed by atoms with Crippen LogP contribution in [-0.2, 0) is 28.5 Å². The van der Waals surface area contributed by atoms with Crippen molar-refractivity contribution < 1.29 is 28.5 Å². The number of ether oxygens (including phenoxy) is 4. The number of hydrogen-bond donors (Lipinski definition) is 0. The summed E-state index contributed by atoms with van der Waals surface area (Å²) in [5.41, 5.74) is 0. The van der Waals surface area contributed by atoms with Gasteiger partial charge in [-0.05, 0) is 12.8 Å². The van der Waals surface area contributed by atoms with Crippen LogP contribution >= 0.6 is 0 Å². The van der Waals surface area contributed by atoms with E-state index in [2.05, 4.69) is 0 Å². The van der Waals surface area contributed by atoms with E-state index in [1.807, 2.05) is 0 Å². The second kappa shape index (κ2) is 5.67. The molecule has 4 atom stereocenters. The average molecular weight is 258 g/mol. The Bertz CT molecular complexity index is 297. The molecule has 2 saturated heterocycles. The predicted molar refractivity (Wildman–Crippen MR) is 59.3 cm³/mol. The molecule has 2 fully saturated rings. The summed E-state index contributed by atoms with van der Waals surface area (Å²) < 4.78 is 21.2. The smallest absolute Gasteiger partial charge is 0.304 e. The Labute approximate surface area is 106 Å². The van der Waals surface area contributed by atoms with E-state index in [0.717, 1.165) is 12.8 Å². The van der Waals surface area contributed by atoms with Crippen LogP contribution in [0.5, 0.6) is 0 Å². The molecule has 6 heteroatoms. The fourth-order valence-corrected chi connectivity index (χ4v) is 2.35. The molecule has 0 saturated carbocycles. The predicted octanol–water partition coefficient (Wildman–Crippen LogP) is 1.12. The Morgan fingerprint density at radius 3 is 1.56 bits per heavy atom. The third-order valence-electron chi connectivity index (χ3n) is 3.04. The van der Waals surface area contributed by atoms with Gasteiger partial charge in [-0.3, -0.25) is 9.59 Å². The van der Waals surface area contributed by atoms with Crippen LogP contribution in [-0.4, -0.2) is 36.7 Å². The second-order valence-corrected chi connectivity index (χ2v) is 4.58. The zero-order chi connectivity index (χ0) is 13.1. The van der Waals surface area contributed by atoms with E-state index in [4.69, 9.17) is 18.9 Å². The van der Waals surface area contributed by atoms with Crippen molar-refractivity contribution >= 4 is 11.9 Å². The standard InChI is InChI=1S/C12H18O6/c1-7(13)15-11-5-3-9(17-11)10-4-6-12(18-10)16-8(2)14/h9-12H,3-6H2,1-2H3. The van der Waals surface area contributed by atoms with Gasteiger partial charge in [-0.1, -0.05) is 0 Å². The van der Waals surface area contributed by atoms with E-state index in [-0.39, 0.29) is 24.1 Å². The van der Waals surface area contributed by atoms with E-state index in [0.29, 0.717) is 12.8 Å². The maximum Gasteiger partial charge on any atom is 0.304 e. The molecule has 6 nitrogen and oxygen atoms in total. The Hall–Kier alpha value is -1.14. The van der Waals surface area contributed by atoms with E-state index in [1.165, 1.54) is 13.8 Å². The molecule has 0 aromatic heterocycles. The quantitative estimate of drug-likeness (QED) is 0.706. The average Bonchev–Trinajstić information content (AvgIpc) is 2.85. The molecule has 0 aliphatic carbocycles. The minimum absolute atomic E-state index is 0.0880. The first kappa shape index (κ1) is 13.3. The highest BCUT2D eigenvalue weighted by Crippen LogP contribution is 2.32. The largest absolute Gasteiger partial charge is 0.436 e. The highest BCUT2D eigenvalue weighted by molar-refractivity contribution is 5.66. The van der Waals surface area contributed by atoms with Crippen LogP contribution < -0.4 is 0 Å². The lowest BCUT2D eigenvalue weighted by molar-refractivity contribution is -0.197. The van der Waals surface area contributed by atoms with Gasteiger partial charge in [0.1, 0.15) is 0 Å². The van der Waals surface area contributed by atoms with Crippen molar-refractivity contribution in [1.82, 2.24) is 0 Å². The van der Waals surface area contributed by atoms with E-state index in [9.17, 15) is 9.59 Å². The summed E-state index contributed by atoms with van der Waals surface area (Å²) in [5, 5.41) is 0. The molecular weight excluding hydrogens is 240 g/mol. The van der Waals surface area contributed by atoms with Crippen LogP contribution in [0.2, 0.25) is 0 Å². The zero-order valence-corrected chi connectivity index (χ0v) is 10.6. The fraction of sp³-hybridized carbons (Fsp3) is 0.833. The molecule has 102 valence electrons. The maximum absolute atomic E-state index is 10.8. The SMILES string of the molecule is CC(=O)OC1CCC(C2CCC(OC(C)=O)O2)O1. The van der Waals surface area contributed by atoms with Crippen molar-refractivity contribution in [3.63, 3.8) is 0 Å². The van der Waals surface area contributed by atoms with Crippen molar-refractivity contribution in [1.29, 1.82) is 0 Å². The zero-order valence-electron chi connectivity index (χ0n) is 10.6. The molecule has 2 aliphatic rings. The maximum atomic E-state index is 10.8. The topological polar surface area (TPSA) is 71.1 Å². The van der Waals surface area contributed by atoms with Crippen LogP contribution in [0.25, 0.3) is 0 Å². The summed E-state index contributed by atoms with van der Waals surface area (Å²) in [6.45, 7) is 2.72. The molecule has 2 rings (SSSR count). The number of hydrogen-bond acceptors (Lipinski definition) is 6. The molecule has 2 aliphatic heterocycles. The third-order valence-corrected chi connectivity index (χ3v) is 3.04. The summed E-state index contributed by atoms with van der Waals surface area (Å²) in [4.78, 5) is 21.6. The minimum atomic E-state index is -0.469. The summed E-state index contributed by atoms with van der Waals surface area (Å²) in [6.07, 6.45) is 1.83. The molecule has 4 unspecified atom stereocenters. The number of rotatable bonds is 3. The molecule has 0 spiro atoms. The summed E-state index contributed by atoms with van der Waals surface area (Å²) >= 11 is 0. The van der Waals surface area contributed by atoms with Gasteiger partial charge >= 0.3 is 11.9 Å². The molecule has 0 aromatic rings. The lowest BCUT2D eigenvalue weighted by Crippen LogP contribution is -2.28. The van der Waals surface area contributed by atoms with Gasteiger partial charge in [-0.15, -0.1) is 0 Å². The fourth-order valence-electron chi connectivity index (χ4n) is 2.35. The number of carbonyl (C=O) groups is 2. The molecule has 0 amide bonds. The van der Waals surface area contributed by atoms with Crippen LogP contribution in [0.4, 0.5) is 0 Å². The van der Waals surface area contributed by atoms with Gasteiger partial charge in [0.2, 0.25) is 12.6 Å². The lowest BCUT2D eigenvalue weighted by atomic mass is 10.1. The van der Waals surface area contributed by atoms with Crippen molar-refractivity contribution in [2.45, 2.75) is 64.3 Å². The van der Waals surface area contributed by atoms with E-state index < -0.39 is 12.6 Å². The summed E-state index contributed by atoms with van der Waals surface area (Å²) in [6, 6.07) is 0.